The molecule has 80 heavy (non-hydrogen) atoms. The summed E-state index contributed by atoms with van der Waals surface area (Å²) in [5.41, 5.74) is 0. The molecule has 9 heteroatoms. The lowest BCUT2D eigenvalue weighted by molar-refractivity contribution is -0.302. The van der Waals surface area contributed by atoms with Crippen LogP contribution in [0.25, 0.3) is 0 Å². The standard InChI is InChI=1S/C71H125NO8/c1-3-5-7-9-11-13-15-17-19-21-23-25-27-29-31-32-33-35-36-38-40-42-44-46-48-50-52-54-56-58-60-65(74)64(63-79-71-70(78)69(77)68(76)66(62-73)80-71)72-67(75)61-59-57-55-53-51-49-47-45-43-41-39-37-34-30-28-26-24-22-20-18-16-14-12-10-8-6-4-2/h6,8,12,14,18,20,24,26,30,34,39,41,50,52,58,60,64-66,68-71,73-74,76-78H,3-5,7,9-11,13,15-17,19,21-23,25,27-29,31-33,35-38,40,42-49,51,53-57,59,61-63H2,1-2H3,(H,72,75)/b8-6-,14-12-,20-18-,26-24-,34-30-,41-39-,52-50+,60-58+. The number of rotatable bonds is 57. The number of carbonyl (C=O) groups excluding carboxylic acids is 1. The van der Waals surface area contributed by atoms with Crippen LogP contribution in [0.3, 0.4) is 0 Å². The van der Waals surface area contributed by atoms with E-state index in [4.69, 9.17) is 9.47 Å². The van der Waals surface area contributed by atoms with Crippen molar-refractivity contribution >= 4 is 5.91 Å². The van der Waals surface area contributed by atoms with Crippen LogP contribution in [0.15, 0.2) is 97.2 Å². The second-order valence-electron chi connectivity index (χ2n) is 22.9. The monoisotopic (exact) mass is 1120 g/mol. The van der Waals surface area contributed by atoms with Crippen LogP contribution >= 0.6 is 0 Å². The molecule has 0 aromatic rings. The van der Waals surface area contributed by atoms with Crippen molar-refractivity contribution in [1.82, 2.24) is 5.32 Å². The van der Waals surface area contributed by atoms with Crippen LogP contribution in [-0.2, 0) is 14.3 Å². The van der Waals surface area contributed by atoms with Gasteiger partial charge in [-0.05, 0) is 83.5 Å². The van der Waals surface area contributed by atoms with Crippen LogP contribution < -0.4 is 5.32 Å². The van der Waals surface area contributed by atoms with E-state index in [1.54, 1.807) is 6.08 Å². The Bertz CT molecular complexity index is 1580. The number of hydrogen-bond donors (Lipinski definition) is 6. The van der Waals surface area contributed by atoms with E-state index in [9.17, 15) is 30.3 Å². The lowest BCUT2D eigenvalue weighted by atomic mass is 9.99. The maximum atomic E-state index is 13.1. The van der Waals surface area contributed by atoms with Gasteiger partial charge in [-0.2, -0.15) is 0 Å². The van der Waals surface area contributed by atoms with Gasteiger partial charge in [0.2, 0.25) is 5.91 Å². The molecule has 1 rings (SSSR count). The summed E-state index contributed by atoms with van der Waals surface area (Å²) < 4.78 is 11.3. The highest BCUT2D eigenvalue weighted by Gasteiger charge is 2.44. The first kappa shape index (κ1) is 75.1. The molecule has 0 aromatic carbocycles. The lowest BCUT2D eigenvalue weighted by Crippen LogP contribution is -2.60. The largest absolute Gasteiger partial charge is 0.394 e. The van der Waals surface area contributed by atoms with Gasteiger partial charge in [-0.15, -0.1) is 0 Å². The molecule has 0 aromatic heterocycles. The summed E-state index contributed by atoms with van der Waals surface area (Å²) in [6.07, 6.45) is 79.3. The molecule has 0 saturated carbocycles. The Morgan fingerprint density at radius 1 is 0.438 bits per heavy atom. The van der Waals surface area contributed by atoms with E-state index in [1.807, 2.05) is 6.08 Å². The molecule has 1 saturated heterocycles. The van der Waals surface area contributed by atoms with Gasteiger partial charge in [-0.1, -0.05) is 297 Å². The van der Waals surface area contributed by atoms with Crippen molar-refractivity contribution in [2.75, 3.05) is 13.2 Å². The number of amides is 1. The van der Waals surface area contributed by atoms with Crippen molar-refractivity contribution in [3.8, 4) is 0 Å². The minimum atomic E-state index is -1.58. The molecule has 9 nitrogen and oxygen atoms in total. The van der Waals surface area contributed by atoms with Crippen molar-refractivity contribution in [2.24, 2.45) is 0 Å². The topological polar surface area (TPSA) is 149 Å². The molecular weight excluding hydrogens is 995 g/mol. The number of unbranched alkanes of at least 4 members (excludes halogenated alkanes) is 33. The summed E-state index contributed by atoms with van der Waals surface area (Å²) in [4.78, 5) is 13.1. The van der Waals surface area contributed by atoms with E-state index < -0.39 is 49.5 Å². The Morgan fingerprint density at radius 2 is 0.787 bits per heavy atom. The van der Waals surface area contributed by atoms with E-state index >= 15 is 0 Å². The summed E-state index contributed by atoms with van der Waals surface area (Å²) in [6, 6.07) is -0.835. The average Bonchev–Trinajstić information content (AvgIpc) is 3.46. The number of aliphatic hydroxyl groups is 5. The maximum Gasteiger partial charge on any atom is 0.220 e. The van der Waals surface area contributed by atoms with E-state index in [0.717, 1.165) is 89.9 Å². The molecule has 1 heterocycles. The van der Waals surface area contributed by atoms with Crippen LogP contribution in [0, 0.1) is 0 Å². The van der Waals surface area contributed by atoms with Crippen LogP contribution in [0.5, 0.6) is 0 Å². The smallest absolute Gasteiger partial charge is 0.220 e. The molecule has 0 aliphatic carbocycles. The molecule has 7 atom stereocenters. The van der Waals surface area contributed by atoms with Gasteiger partial charge in [-0.3, -0.25) is 4.79 Å². The number of carbonyl (C=O) groups is 1. The highest BCUT2D eigenvalue weighted by molar-refractivity contribution is 5.76. The number of nitrogens with one attached hydrogen (secondary N) is 1. The first-order valence-electron chi connectivity index (χ1n) is 33.5. The Hall–Kier alpha value is -2.89. The highest BCUT2D eigenvalue weighted by Crippen LogP contribution is 2.23. The van der Waals surface area contributed by atoms with Crippen molar-refractivity contribution in [3.05, 3.63) is 97.2 Å². The lowest BCUT2D eigenvalue weighted by Gasteiger charge is -2.40. The molecule has 0 radical (unpaired) electrons. The van der Waals surface area contributed by atoms with Crippen LogP contribution in [0.4, 0.5) is 0 Å². The zero-order valence-corrected chi connectivity index (χ0v) is 51.6. The third kappa shape index (κ3) is 47.6. The van der Waals surface area contributed by atoms with E-state index in [0.29, 0.717) is 6.42 Å². The Balaban J connectivity index is 2.20. The first-order chi connectivity index (χ1) is 39.3. The van der Waals surface area contributed by atoms with Gasteiger partial charge >= 0.3 is 0 Å². The number of aliphatic hydroxyl groups excluding tert-OH is 5. The molecule has 0 spiro atoms. The summed E-state index contributed by atoms with van der Waals surface area (Å²) in [6.45, 7) is 3.67. The molecule has 1 aliphatic rings. The van der Waals surface area contributed by atoms with Gasteiger partial charge in [0.25, 0.3) is 0 Å². The summed E-state index contributed by atoms with van der Waals surface area (Å²) >= 11 is 0. The van der Waals surface area contributed by atoms with Crippen LogP contribution in [0.1, 0.15) is 290 Å². The van der Waals surface area contributed by atoms with Gasteiger partial charge in [-0.25, -0.2) is 0 Å². The number of allylic oxidation sites excluding steroid dienone is 15. The van der Waals surface area contributed by atoms with E-state index in [2.05, 4.69) is 104 Å². The number of ether oxygens (including phenoxy) is 2. The third-order valence-corrected chi connectivity index (χ3v) is 15.4. The van der Waals surface area contributed by atoms with Gasteiger partial charge in [0.1, 0.15) is 24.4 Å². The Morgan fingerprint density at radius 3 is 1.20 bits per heavy atom. The normalized spacial score (nSPS) is 19.1. The predicted molar refractivity (Wildman–Crippen MR) is 341 cm³/mol. The first-order valence-corrected chi connectivity index (χ1v) is 33.5. The second kappa shape index (κ2) is 59.3. The molecule has 1 aliphatic heterocycles. The molecule has 6 N–H and O–H groups in total. The van der Waals surface area contributed by atoms with Crippen LogP contribution in [-0.4, -0.2) is 87.5 Å². The van der Waals surface area contributed by atoms with Crippen LogP contribution in [0.2, 0.25) is 0 Å². The molecule has 7 unspecified atom stereocenters. The molecule has 462 valence electrons. The molecule has 0 bridgehead atoms. The zero-order chi connectivity index (χ0) is 57.9. The predicted octanol–water partition coefficient (Wildman–Crippen LogP) is 17.9. The Labute approximate surface area is 492 Å². The van der Waals surface area contributed by atoms with Gasteiger partial charge in [0.15, 0.2) is 6.29 Å². The van der Waals surface area contributed by atoms with Crippen molar-refractivity contribution in [1.29, 1.82) is 0 Å². The summed E-state index contributed by atoms with van der Waals surface area (Å²) in [5.74, 6) is -0.196. The fourth-order valence-corrected chi connectivity index (χ4v) is 10.2. The highest BCUT2D eigenvalue weighted by atomic mass is 16.7. The number of hydrogen-bond acceptors (Lipinski definition) is 8. The fourth-order valence-electron chi connectivity index (χ4n) is 10.2. The fraction of sp³-hybridized carbons (Fsp3) is 0.761. The average molecular weight is 1120 g/mol. The second-order valence-corrected chi connectivity index (χ2v) is 22.9. The van der Waals surface area contributed by atoms with Gasteiger partial charge in [0.05, 0.1) is 25.4 Å². The minimum absolute atomic E-state index is 0.196. The maximum absolute atomic E-state index is 13.1. The van der Waals surface area contributed by atoms with E-state index in [1.165, 1.54) is 180 Å². The summed E-state index contributed by atoms with van der Waals surface area (Å²) in [7, 11) is 0. The minimum Gasteiger partial charge on any atom is -0.394 e. The van der Waals surface area contributed by atoms with Crippen molar-refractivity contribution in [2.45, 2.75) is 333 Å². The molecule has 1 amide bonds. The molecular formula is C71H125NO8. The Kier molecular flexibility index (Phi) is 55.7. The third-order valence-electron chi connectivity index (χ3n) is 15.4. The van der Waals surface area contributed by atoms with Gasteiger partial charge < -0.3 is 40.3 Å². The molecule has 1 fully saturated rings. The van der Waals surface area contributed by atoms with E-state index in [-0.39, 0.29) is 12.5 Å². The summed E-state index contributed by atoms with van der Waals surface area (Å²) in [5, 5.41) is 54.7. The zero-order valence-electron chi connectivity index (χ0n) is 51.6. The quantitative estimate of drug-likeness (QED) is 0.0261. The van der Waals surface area contributed by atoms with Crippen molar-refractivity contribution < 1.29 is 39.8 Å². The SMILES string of the molecule is CC/C=C\C/C=C\C/C=C\C/C=C\C/C=C\C/C=C\CCCCCCCCCCC(=O)NC(COC1OC(CO)C(O)C(O)C1O)C(O)/C=C/CC/C=C/CCCCCCCCCCCCCCCCCCCCCCCCCC. The van der Waals surface area contributed by atoms with Gasteiger partial charge in [0, 0.05) is 6.42 Å². The van der Waals surface area contributed by atoms with Crippen molar-refractivity contribution in [3.63, 3.8) is 0 Å².